The Balaban J connectivity index is 0.000000203. The van der Waals surface area contributed by atoms with Crippen molar-refractivity contribution in [2.75, 3.05) is 39.5 Å². The first-order chi connectivity index (χ1) is 44.8. The Labute approximate surface area is 552 Å². The van der Waals surface area contributed by atoms with E-state index in [4.69, 9.17) is 42.6 Å². The molecule has 0 spiro atoms. The molecule has 96 heavy (non-hydrogen) atoms. The number of amides is 4. The van der Waals surface area contributed by atoms with E-state index in [0.717, 1.165) is 78.5 Å². The van der Waals surface area contributed by atoms with Gasteiger partial charge in [-0.2, -0.15) is 0 Å². The number of nitrogens with zero attached hydrogens (tertiary/aromatic N) is 1. The number of halogens is 8. The Morgan fingerprint density at radius 3 is 1.27 bits per heavy atom. The van der Waals surface area contributed by atoms with E-state index in [1.807, 2.05) is 0 Å². The lowest BCUT2D eigenvalue weighted by Gasteiger charge is -2.38. The van der Waals surface area contributed by atoms with Crippen LogP contribution >= 0.6 is 0 Å². The molecule has 5 heterocycles. The summed E-state index contributed by atoms with van der Waals surface area (Å²) in [5.74, 6) is -5.08. The van der Waals surface area contributed by atoms with Crippen LogP contribution in [0.3, 0.4) is 0 Å². The molecule has 28 heteroatoms. The minimum Gasteiger partial charge on any atom is -0.491 e. The first-order valence-electron chi connectivity index (χ1n) is 31.0. The third kappa shape index (κ3) is 24.8. The summed E-state index contributed by atoms with van der Waals surface area (Å²) in [5, 5.41) is 20.2. The SMILES string of the molecule is CC(C)(C)OC(=O)N[C@H]1CC(=O)CO[C@@H]1c1cc(F)ccc1F.CC(C)(C)OC(=O)N[C@H]1CC(N2CCOCC2)=CO[C@@H]1c1cc(F)ccc1F.CC(C)(C)OC(=O)N[C@H]1CC(O)CO[C@@H]1c1cc(F)ccc1F.CC(C)(C)OC(=O)N[C@H]1CC=CO[C@@H]1c1cc(F)ccc1F. The predicted octanol–water partition coefficient (Wildman–Crippen LogP) is 12.9. The maximum Gasteiger partial charge on any atom is 0.408 e. The number of carbonyl (C=O) groups is 5. The van der Waals surface area contributed by atoms with Gasteiger partial charge in [0.1, 0.15) is 106 Å². The number of aliphatic hydroxyl groups is 1. The smallest absolute Gasteiger partial charge is 0.408 e. The Hall–Kier alpha value is -8.21. The highest BCUT2D eigenvalue weighted by molar-refractivity contribution is 5.82. The van der Waals surface area contributed by atoms with Crippen LogP contribution in [0.2, 0.25) is 0 Å². The molecule has 528 valence electrons. The number of rotatable bonds is 9. The number of ether oxygens (including phenoxy) is 9. The number of Topliss-reactive ketones (excluding diaryl/α,β-unsaturated/α-hetero) is 1. The van der Waals surface area contributed by atoms with E-state index in [2.05, 4.69) is 26.2 Å². The molecule has 3 fully saturated rings. The first-order valence-corrected chi connectivity index (χ1v) is 31.0. The van der Waals surface area contributed by atoms with Gasteiger partial charge in [0.05, 0.1) is 62.1 Å². The van der Waals surface area contributed by atoms with Crippen molar-refractivity contribution in [3.8, 4) is 0 Å². The minimum atomic E-state index is -0.962. The van der Waals surface area contributed by atoms with Crippen LogP contribution in [0, 0.1) is 46.5 Å². The number of aliphatic hydroxyl groups excluding tert-OH is 1. The van der Waals surface area contributed by atoms with Crippen molar-refractivity contribution in [3.63, 3.8) is 0 Å². The van der Waals surface area contributed by atoms with Gasteiger partial charge in [-0.05, 0) is 175 Å². The lowest BCUT2D eigenvalue weighted by Crippen LogP contribution is -2.48. The summed E-state index contributed by atoms with van der Waals surface area (Å²) >= 11 is 0. The third-order valence-electron chi connectivity index (χ3n) is 14.1. The lowest BCUT2D eigenvalue weighted by molar-refractivity contribution is -0.133. The van der Waals surface area contributed by atoms with Crippen molar-refractivity contribution in [2.45, 2.75) is 186 Å². The average Bonchev–Trinajstić information content (AvgIpc) is 0.823. The van der Waals surface area contributed by atoms with Crippen LogP contribution < -0.4 is 21.3 Å². The van der Waals surface area contributed by atoms with Crippen LogP contribution in [-0.4, -0.2) is 132 Å². The minimum absolute atomic E-state index is 0.00189. The largest absolute Gasteiger partial charge is 0.491 e. The summed E-state index contributed by atoms with van der Waals surface area (Å²) in [6, 6.07) is 9.63. The van der Waals surface area contributed by atoms with E-state index >= 15 is 0 Å². The van der Waals surface area contributed by atoms with E-state index in [1.54, 1.807) is 95.4 Å². The highest BCUT2D eigenvalue weighted by atomic mass is 19.2. The molecular weight excluding hydrogens is 1280 g/mol. The van der Waals surface area contributed by atoms with Gasteiger partial charge in [0.25, 0.3) is 0 Å². The van der Waals surface area contributed by atoms with Gasteiger partial charge in [0, 0.05) is 48.2 Å². The topological polar surface area (TPSA) is 240 Å². The molecule has 5 N–H and O–H groups in total. The lowest BCUT2D eigenvalue weighted by atomic mass is 9.94. The van der Waals surface area contributed by atoms with Crippen molar-refractivity contribution in [1.82, 2.24) is 26.2 Å². The average molecular weight is 1360 g/mol. The van der Waals surface area contributed by atoms with Gasteiger partial charge >= 0.3 is 24.4 Å². The van der Waals surface area contributed by atoms with Crippen molar-refractivity contribution in [2.24, 2.45) is 0 Å². The summed E-state index contributed by atoms with van der Waals surface area (Å²) in [5.41, 5.74) is -1.80. The highest BCUT2D eigenvalue weighted by Gasteiger charge is 2.39. The zero-order valence-corrected chi connectivity index (χ0v) is 55.6. The Morgan fingerprint density at radius 2 is 0.854 bits per heavy atom. The molecule has 5 aliphatic heterocycles. The molecular formula is C68H85F8N5O15. The van der Waals surface area contributed by atoms with E-state index in [1.165, 1.54) is 6.26 Å². The fraction of sp³-hybridized carbons (Fsp3) is 0.515. The summed E-state index contributed by atoms with van der Waals surface area (Å²) in [6.45, 7) is 23.1. The van der Waals surface area contributed by atoms with Crippen LogP contribution in [0.5, 0.6) is 0 Å². The standard InChI is InChI=1S/C20H26F2N2O4.C16H21F2NO4.C16H19F2NO4.C16H19F2NO3/c1-20(2,3)28-19(25)23-17-11-14(24-6-8-26-9-7-24)12-27-18(17)15-10-13(21)4-5-16(15)22;2*1-16(2,3)23-15(21)19-13-7-10(20)8-22-14(13)11-6-9(17)4-5-12(11)18;1-16(2,3)22-15(20)19-13-5-4-8-21-14(13)11-9-10(17)6-7-12(11)18/h4-5,10,12,17-18H,6-9,11H2,1-3H3,(H,23,25);4-6,10,13-14,20H,7-8H2,1-3H3,(H,19,21);4-6,13-14H,7-8H2,1-3H3,(H,19,21);4,6-9,13-14H,5H2,1-3H3,(H,19,20)/t17-,18+;10?,13-,14+;2*13-,14+/m0000/s1. The predicted molar refractivity (Wildman–Crippen MR) is 332 cm³/mol. The zero-order chi connectivity index (χ0) is 71.0. The Kier molecular flexibility index (Phi) is 26.9. The van der Waals surface area contributed by atoms with Crippen LogP contribution in [0.15, 0.2) is 97.1 Å². The zero-order valence-electron chi connectivity index (χ0n) is 55.6. The maximum atomic E-state index is 14.3. The second kappa shape index (κ2) is 33.6. The monoisotopic (exact) mass is 1360 g/mol. The first kappa shape index (κ1) is 76.8. The molecule has 5 aliphatic rings. The highest BCUT2D eigenvalue weighted by Crippen LogP contribution is 2.36. The van der Waals surface area contributed by atoms with Crippen LogP contribution in [0.1, 0.15) is 155 Å². The van der Waals surface area contributed by atoms with Gasteiger partial charge in [-0.25, -0.2) is 54.3 Å². The molecule has 9 rings (SSSR count). The van der Waals surface area contributed by atoms with Crippen molar-refractivity contribution in [1.29, 1.82) is 0 Å². The molecule has 0 aliphatic carbocycles. The maximum absolute atomic E-state index is 14.3. The van der Waals surface area contributed by atoms with Crippen LogP contribution in [0.25, 0.3) is 0 Å². The molecule has 4 aromatic rings. The van der Waals surface area contributed by atoms with Gasteiger partial charge in [-0.15, -0.1) is 0 Å². The van der Waals surface area contributed by atoms with E-state index in [9.17, 15) is 64.2 Å². The molecule has 9 atom stereocenters. The Morgan fingerprint density at radius 1 is 0.490 bits per heavy atom. The van der Waals surface area contributed by atoms with E-state index in [-0.39, 0.29) is 54.1 Å². The van der Waals surface area contributed by atoms with E-state index in [0.29, 0.717) is 39.1 Å². The number of benzene rings is 4. The van der Waals surface area contributed by atoms with Gasteiger partial charge in [0.15, 0.2) is 5.78 Å². The van der Waals surface area contributed by atoms with Crippen molar-refractivity contribution in [3.05, 3.63) is 166 Å². The second-order valence-electron chi connectivity index (χ2n) is 26.9. The van der Waals surface area contributed by atoms with Crippen molar-refractivity contribution < 1.29 is 107 Å². The molecule has 0 radical (unpaired) electrons. The molecule has 1 unspecified atom stereocenters. The fourth-order valence-corrected chi connectivity index (χ4v) is 10.3. The van der Waals surface area contributed by atoms with Gasteiger partial charge in [-0.1, -0.05) is 0 Å². The summed E-state index contributed by atoms with van der Waals surface area (Å²) in [7, 11) is 0. The number of nitrogens with one attached hydrogen (secondary N) is 4. The normalized spacial score (nSPS) is 22.8. The molecule has 4 aromatic carbocycles. The molecule has 0 aromatic heterocycles. The number of alkyl carbamates (subject to hydrolysis) is 4. The second-order valence-corrected chi connectivity index (χ2v) is 26.9. The number of morpholine rings is 1. The molecule has 3 saturated heterocycles. The van der Waals surface area contributed by atoms with Crippen LogP contribution in [-0.2, 0) is 47.4 Å². The molecule has 20 nitrogen and oxygen atoms in total. The summed E-state index contributed by atoms with van der Waals surface area (Å²) < 4.78 is 158. The summed E-state index contributed by atoms with van der Waals surface area (Å²) in [4.78, 5) is 61.7. The van der Waals surface area contributed by atoms with Crippen molar-refractivity contribution >= 4 is 30.2 Å². The number of hydrogen-bond donors (Lipinski definition) is 5. The van der Waals surface area contributed by atoms with Gasteiger partial charge in [-0.3, -0.25) is 4.79 Å². The number of carbonyl (C=O) groups excluding carboxylic acids is 5. The quantitative estimate of drug-likeness (QED) is 0.0773. The number of ketones is 1. The molecule has 0 bridgehead atoms. The third-order valence-corrected chi connectivity index (χ3v) is 14.1. The van der Waals surface area contributed by atoms with Gasteiger partial charge in [0.2, 0.25) is 0 Å². The number of hydrogen-bond acceptors (Lipinski definition) is 16. The Bertz CT molecular complexity index is 3380. The molecule has 4 amide bonds. The molecule has 0 saturated carbocycles. The fourth-order valence-electron chi connectivity index (χ4n) is 10.3. The summed E-state index contributed by atoms with van der Waals surface area (Å²) in [6.07, 6.45) is -1.43. The van der Waals surface area contributed by atoms with E-state index < -0.39 is 148 Å². The van der Waals surface area contributed by atoms with Crippen LogP contribution in [0.4, 0.5) is 54.3 Å². The van der Waals surface area contributed by atoms with Gasteiger partial charge < -0.3 is 73.9 Å².